The van der Waals surface area contributed by atoms with Gasteiger partial charge >= 0.3 is 0 Å². The van der Waals surface area contributed by atoms with Gasteiger partial charge in [0, 0.05) is 18.7 Å². The van der Waals surface area contributed by atoms with Crippen LogP contribution in [0.25, 0.3) is 0 Å². The molecule has 0 saturated carbocycles. The second-order valence-corrected chi connectivity index (χ2v) is 4.51. The predicted molar refractivity (Wildman–Crippen MR) is 68.4 cm³/mol. The molecule has 0 aliphatic rings. The van der Waals surface area contributed by atoms with Gasteiger partial charge in [-0.2, -0.15) is 5.10 Å². The number of hydrogen-bond donors (Lipinski definition) is 1. The van der Waals surface area contributed by atoms with Crippen LogP contribution in [0.2, 0.25) is 0 Å². The van der Waals surface area contributed by atoms with Crippen LogP contribution >= 0.6 is 0 Å². The third-order valence-corrected chi connectivity index (χ3v) is 3.11. The Bertz CT molecular complexity index is 289. The minimum Gasteiger partial charge on any atom is -0.327 e. The summed E-state index contributed by atoms with van der Waals surface area (Å²) < 4.78 is 2.09. The van der Waals surface area contributed by atoms with Gasteiger partial charge in [-0.3, -0.25) is 4.68 Å². The van der Waals surface area contributed by atoms with E-state index in [4.69, 9.17) is 5.73 Å². The van der Waals surface area contributed by atoms with Crippen LogP contribution in [0, 0.1) is 0 Å². The highest BCUT2D eigenvalue weighted by Crippen LogP contribution is 2.15. The molecule has 0 bridgehead atoms. The molecule has 1 heterocycles. The lowest BCUT2D eigenvalue weighted by atomic mass is 10.1. The van der Waals surface area contributed by atoms with Gasteiger partial charge in [0.05, 0.1) is 11.7 Å². The van der Waals surface area contributed by atoms with E-state index in [1.807, 2.05) is 0 Å². The van der Waals surface area contributed by atoms with Crippen molar-refractivity contribution in [1.29, 1.82) is 0 Å². The molecular formula is C13H25N3. The molecule has 1 unspecified atom stereocenters. The zero-order valence-electron chi connectivity index (χ0n) is 10.8. The highest BCUT2D eigenvalue weighted by molar-refractivity contribution is 5.02. The van der Waals surface area contributed by atoms with Crippen molar-refractivity contribution in [2.75, 3.05) is 0 Å². The second kappa shape index (κ2) is 6.69. The maximum absolute atomic E-state index is 6.02. The van der Waals surface area contributed by atoms with Crippen LogP contribution in [0.15, 0.2) is 12.3 Å². The van der Waals surface area contributed by atoms with Crippen molar-refractivity contribution in [3.63, 3.8) is 0 Å². The van der Waals surface area contributed by atoms with E-state index < -0.39 is 0 Å². The summed E-state index contributed by atoms with van der Waals surface area (Å²) in [7, 11) is 0. The number of rotatable bonds is 7. The quantitative estimate of drug-likeness (QED) is 0.772. The number of hydrogen-bond acceptors (Lipinski definition) is 2. The lowest BCUT2D eigenvalue weighted by Crippen LogP contribution is -2.22. The molecule has 0 radical (unpaired) electrons. The van der Waals surface area contributed by atoms with Gasteiger partial charge < -0.3 is 5.73 Å². The molecule has 3 nitrogen and oxygen atoms in total. The van der Waals surface area contributed by atoms with Gasteiger partial charge in [-0.1, -0.05) is 27.2 Å². The van der Waals surface area contributed by atoms with E-state index in [1.165, 1.54) is 0 Å². The first-order valence-corrected chi connectivity index (χ1v) is 6.50. The average molecular weight is 223 g/mol. The van der Waals surface area contributed by atoms with E-state index in [1.54, 1.807) is 0 Å². The topological polar surface area (TPSA) is 43.8 Å². The molecule has 0 saturated heterocycles. The van der Waals surface area contributed by atoms with E-state index >= 15 is 0 Å². The first-order valence-electron chi connectivity index (χ1n) is 6.50. The largest absolute Gasteiger partial charge is 0.327 e. The first kappa shape index (κ1) is 13.2. The molecule has 1 aromatic heterocycles. The third-order valence-electron chi connectivity index (χ3n) is 3.11. The molecule has 1 rings (SSSR count). The molecule has 1 aromatic rings. The number of nitrogens with two attached hydrogens (primary N) is 1. The van der Waals surface area contributed by atoms with E-state index in [0.717, 1.165) is 37.8 Å². The summed E-state index contributed by atoms with van der Waals surface area (Å²) in [6.45, 7) is 6.58. The Morgan fingerprint density at radius 1 is 1.31 bits per heavy atom. The number of nitrogens with zero attached hydrogens (tertiary/aromatic N) is 2. The highest BCUT2D eigenvalue weighted by Gasteiger charge is 2.09. The molecule has 3 heteroatoms. The normalized spacial score (nSPS) is 13.3. The summed E-state index contributed by atoms with van der Waals surface area (Å²) in [5.74, 6) is 0. The Morgan fingerprint density at radius 3 is 2.56 bits per heavy atom. The molecule has 0 aliphatic carbocycles. The van der Waals surface area contributed by atoms with Crippen LogP contribution < -0.4 is 5.73 Å². The Balaban J connectivity index is 2.57. The van der Waals surface area contributed by atoms with Crippen molar-refractivity contribution >= 4 is 0 Å². The smallest absolute Gasteiger partial charge is 0.0640 e. The number of aromatic nitrogens is 2. The van der Waals surface area contributed by atoms with Crippen molar-refractivity contribution in [3.05, 3.63) is 18.0 Å². The Hall–Kier alpha value is -0.830. The van der Waals surface area contributed by atoms with Gasteiger partial charge in [0.15, 0.2) is 0 Å². The molecule has 0 aromatic carbocycles. The molecule has 1 atom stereocenters. The lowest BCUT2D eigenvalue weighted by Gasteiger charge is -2.13. The zero-order valence-corrected chi connectivity index (χ0v) is 10.8. The van der Waals surface area contributed by atoms with E-state index in [2.05, 4.69) is 42.8 Å². The van der Waals surface area contributed by atoms with E-state index in [-0.39, 0.29) is 6.04 Å². The summed E-state index contributed by atoms with van der Waals surface area (Å²) >= 11 is 0. The van der Waals surface area contributed by atoms with Gasteiger partial charge in [0.25, 0.3) is 0 Å². The monoisotopic (exact) mass is 223 g/mol. The van der Waals surface area contributed by atoms with Gasteiger partial charge in [-0.15, -0.1) is 0 Å². The lowest BCUT2D eigenvalue weighted by molar-refractivity contribution is 0.423. The minimum absolute atomic E-state index is 0.259. The molecule has 2 N–H and O–H groups in total. The fraction of sp³-hybridized carbons (Fsp3) is 0.769. The van der Waals surface area contributed by atoms with Crippen molar-refractivity contribution < 1.29 is 0 Å². The van der Waals surface area contributed by atoms with Crippen molar-refractivity contribution in [3.8, 4) is 0 Å². The zero-order chi connectivity index (χ0) is 12.0. The van der Waals surface area contributed by atoms with Gasteiger partial charge in [0.2, 0.25) is 0 Å². The summed E-state index contributed by atoms with van der Waals surface area (Å²) in [6.07, 6.45) is 7.50. The average Bonchev–Trinajstić information content (AvgIpc) is 2.68. The molecule has 0 aliphatic heterocycles. The maximum Gasteiger partial charge on any atom is 0.0640 e. The standard InChI is InChI=1S/C13H25N3/c1-4-7-11(14)10-12-8-9-16(15-12)13(5-2)6-3/h8-9,11,13H,4-7,10,14H2,1-3H3. The summed E-state index contributed by atoms with van der Waals surface area (Å²) in [4.78, 5) is 0. The van der Waals surface area contributed by atoms with Gasteiger partial charge in [-0.05, 0) is 25.3 Å². The maximum atomic E-state index is 6.02. The van der Waals surface area contributed by atoms with Crippen LogP contribution in [-0.4, -0.2) is 15.8 Å². The molecule has 0 fully saturated rings. The van der Waals surface area contributed by atoms with Gasteiger partial charge in [0.1, 0.15) is 0 Å². The molecular weight excluding hydrogens is 198 g/mol. The Morgan fingerprint density at radius 2 is 2.00 bits per heavy atom. The van der Waals surface area contributed by atoms with Crippen LogP contribution in [0.5, 0.6) is 0 Å². The van der Waals surface area contributed by atoms with Gasteiger partial charge in [-0.25, -0.2) is 0 Å². The summed E-state index contributed by atoms with van der Waals surface area (Å²) in [5.41, 5.74) is 7.15. The fourth-order valence-electron chi connectivity index (χ4n) is 2.09. The Kier molecular flexibility index (Phi) is 5.53. The van der Waals surface area contributed by atoms with Crippen LogP contribution in [0.4, 0.5) is 0 Å². The molecule has 0 amide bonds. The van der Waals surface area contributed by atoms with Crippen molar-refractivity contribution in [2.45, 2.75) is 65.0 Å². The van der Waals surface area contributed by atoms with Crippen LogP contribution in [0.1, 0.15) is 58.2 Å². The predicted octanol–water partition coefficient (Wildman–Crippen LogP) is 2.91. The van der Waals surface area contributed by atoms with Crippen LogP contribution in [-0.2, 0) is 6.42 Å². The van der Waals surface area contributed by atoms with E-state index in [0.29, 0.717) is 6.04 Å². The summed E-state index contributed by atoms with van der Waals surface area (Å²) in [5, 5.41) is 4.61. The third kappa shape index (κ3) is 3.63. The second-order valence-electron chi connectivity index (χ2n) is 4.51. The molecule has 0 spiro atoms. The van der Waals surface area contributed by atoms with Crippen molar-refractivity contribution in [2.24, 2.45) is 5.73 Å². The fourth-order valence-corrected chi connectivity index (χ4v) is 2.09. The Labute approximate surface area is 99.0 Å². The first-order chi connectivity index (χ1) is 7.71. The molecule has 92 valence electrons. The van der Waals surface area contributed by atoms with Crippen molar-refractivity contribution in [1.82, 2.24) is 9.78 Å². The van der Waals surface area contributed by atoms with Crippen LogP contribution in [0.3, 0.4) is 0 Å². The van der Waals surface area contributed by atoms with E-state index in [9.17, 15) is 0 Å². The highest BCUT2D eigenvalue weighted by atomic mass is 15.3. The summed E-state index contributed by atoms with van der Waals surface area (Å²) in [6, 6.07) is 2.90. The molecule has 16 heavy (non-hydrogen) atoms. The minimum atomic E-state index is 0.259. The SMILES string of the molecule is CCCC(N)Cc1ccn(C(CC)CC)n1.